The third-order valence-corrected chi connectivity index (χ3v) is 3.56. The zero-order chi connectivity index (χ0) is 17.1. The molecule has 6 heteroatoms. The third kappa shape index (κ3) is 2.94. The largest absolute Gasteiger partial charge is 0.502 e. The van der Waals surface area contributed by atoms with Gasteiger partial charge in [0.05, 0.1) is 25.3 Å². The van der Waals surface area contributed by atoms with Gasteiger partial charge in [-0.1, -0.05) is 18.2 Å². The number of aromatic amines is 1. The average Bonchev–Trinajstić information content (AvgIpc) is 2.60. The minimum atomic E-state index is -0.275. The molecular weight excluding hydrogens is 308 g/mol. The number of benzene rings is 2. The number of aromatic nitrogens is 2. The van der Waals surface area contributed by atoms with E-state index in [-0.39, 0.29) is 22.8 Å². The fourth-order valence-corrected chi connectivity index (χ4v) is 2.34. The average molecular weight is 324 g/mol. The first-order valence-corrected chi connectivity index (χ1v) is 7.24. The van der Waals surface area contributed by atoms with E-state index in [2.05, 4.69) is 9.97 Å². The van der Waals surface area contributed by atoms with E-state index in [1.165, 1.54) is 14.2 Å². The molecule has 3 rings (SSSR count). The van der Waals surface area contributed by atoms with Crippen molar-refractivity contribution in [3.63, 3.8) is 0 Å². The highest BCUT2D eigenvalue weighted by Gasteiger charge is 2.10. The number of aromatic hydroxyl groups is 1. The third-order valence-electron chi connectivity index (χ3n) is 3.56. The summed E-state index contributed by atoms with van der Waals surface area (Å²) in [5.74, 6) is 0.502. The lowest BCUT2D eigenvalue weighted by Crippen LogP contribution is -2.11. The standard InChI is InChI=1S/C18H16N2O4/c1-23-15-9-11(10-16(24-2)17(15)21)7-8-14-18(22)20-13-6-4-3-5-12(13)19-14/h3-10,21H,1-2H3,(H,20,22)/b8-7+. The van der Waals surface area contributed by atoms with Gasteiger partial charge in [-0.05, 0) is 35.9 Å². The van der Waals surface area contributed by atoms with Crippen molar-refractivity contribution < 1.29 is 14.6 Å². The Morgan fingerprint density at radius 2 is 1.75 bits per heavy atom. The summed E-state index contributed by atoms with van der Waals surface area (Å²) in [5.41, 5.74) is 2.11. The van der Waals surface area contributed by atoms with E-state index in [0.29, 0.717) is 22.3 Å². The molecule has 0 spiro atoms. The van der Waals surface area contributed by atoms with Crippen molar-refractivity contribution in [2.75, 3.05) is 14.2 Å². The summed E-state index contributed by atoms with van der Waals surface area (Å²) in [6.45, 7) is 0. The highest BCUT2D eigenvalue weighted by atomic mass is 16.5. The maximum Gasteiger partial charge on any atom is 0.274 e. The topological polar surface area (TPSA) is 84.4 Å². The van der Waals surface area contributed by atoms with Crippen LogP contribution >= 0.6 is 0 Å². The van der Waals surface area contributed by atoms with Crippen LogP contribution in [0.4, 0.5) is 0 Å². The summed E-state index contributed by atoms with van der Waals surface area (Å²) >= 11 is 0. The number of fused-ring (bicyclic) bond motifs is 1. The van der Waals surface area contributed by atoms with Gasteiger partial charge in [0.2, 0.25) is 5.75 Å². The normalized spacial score (nSPS) is 11.1. The van der Waals surface area contributed by atoms with Crippen molar-refractivity contribution >= 4 is 23.2 Å². The summed E-state index contributed by atoms with van der Waals surface area (Å²) in [4.78, 5) is 19.2. The molecule has 24 heavy (non-hydrogen) atoms. The lowest BCUT2D eigenvalue weighted by atomic mass is 10.1. The van der Waals surface area contributed by atoms with Gasteiger partial charge < -0.3 is 19.6 Å². The maximum absolute atomic E-state index is 12.1. The first-order chi connectivity index (χ1) is 11.6. The van der Waals surface area contributed by atoms with Crippen LogP contribution in [0.2, 0.25) is 0 Å². The Hall–Kier alpha value is -3.28. The Labute approximate surface area is 138 Å². The molecule has 0 aliphatic rings. The van der Waals surface area contributed by atoms with Crippen molar-refractivity contribution in [1.29, 1.82) is 0 Å². The lowest BCUT2D eigenvalue weighted by Gasteiger charge is -2.09. The van der Waals surface area contributed by atoms with Crippen LogP contribution in [0.1, 0.15) is 11.3 Å². The van der Waals surface area contributed by atoms with E-state index < -0.39 is 0 Å². The number of hydrogen-bond donors (Lipinski definition) is 2. The second kappa shape index (κ2) is 6.45. The van der Waals surface area contributed by atoms with Gasteiger partial charge >= 0.3 is 0 Å². The number of nitrogens with one attached hydrogen (secondary N) is 1. The number of ether oxygens (including phenoxy) is 2. The molecule has 122 valence electrons. The van der Waals surface area contributed by atoms with Gasteiger partial charge in [-0.25, -0.2) is 4.98 Å². The minimum Gasteiger partial charge on any atom is -0.502 e. The minimum absolute atomic E-state index is 0.0705. The van der Waals surface area contributed by atoms with Crippen LogP contribution in [-0.2, 0) is 0 Å². The molecule has 0 aliphatic heterocycles. The molecule has 0 aliphatic carbocycles. The smallest absolute Gasteiger partial charge is 0.274 e. The number of phenolic OH excluding ortho intramolecular Hbond substituents is 1. The van der Waals surface area contributed by atoms with Gasteiger partial charge in [-0.3, -0.25) is 4.79 Å². The first-order valence-electron chi connectivity index (χ1n) is 7.24. The molecule has 3 aromatic rings. The molecule has 0 fully saturated rings. The van der Waals surface area contributed by atoms with Gasteiger partial charge in [-0.15, -0.1) is 0 Å². The zero-order valence-electron chi connectivity index (χ0n) is 13.2. The molecule has 0 unspecified atom stereocenters. The van der Waals surface area contributed by atoms with Crippen molar-refractivity contribution in [2.24, 2.45) is 0 Å². The number of para-hydroxylation sites is 2. The number of H-pyrrole nitrogens is 1. The van der Waals surface area contributed by atoms with Gasteiger partial charge in [0.1, 0.15) is 5.69 Å². The molecule has 0 bridgehead atoms. The Morgan fingerprint density at radius 1 is 1.08 bits per heavy atom. The maximum atomic E-state index is 12.1. The van der Waals surface area contributed by atoms with E-state index in [1.807, 2.05) is 18.2 Å². The Balaban J connectivity index is 2.02. The second-order valence-corrected chi connectivity index (χ2v) is 5.08. The molecule has 1 aromatic heterocycles. The molecule has 2 aromatic carbocycles. The van der Waals surface area contributed by atoms with Crippen molar-refractivity contribution in [2.45, 2.75) is 0 Å². The highest BCUT2D eigenvalue weighted by Crippen LogP contribution is 2.37. The van der Waals surface area contributed by atoms with Crippen LogP contribution < -0.4 is 15.0 Å². The monoisotopic (exact) mass is 324 g/mol. The molecule has 1 heterocycles. The van der Waals surface area contributed by atoms with Crippen LogP contribution in [0.15, 0.2) is 41.2 Å². The van der Waals surface area contributed by atoms with Crippen LogP contribution in [0.5, 0.6) is 17.2 Å². The predicted octanol–water partition coefficient (Wildman–Crippen LogP) is 2.82. The van der Waals surface area contributed by atoms with Crippen molar-refractivity contribution in [3.05, 3.63) is 58.0 Å². The Morgan fingerprint density at radius 3 is 2.42 bits per heavy atom. The molecule has 0 radical (unpaired) electrons. The highest BCUT2D eigenvalue weighted by molar-refractivity contribution is 5.77. The molecule has 6 nitrogen and oxygen atoms in total. The summed E-state index contributed by atoms with van der Waals surface area (Å²) in [5, 5.41) is 9.92. The van der Waals surface area contributed by atoms with Gasteiger partial charge in [0.25, 0.3) is 5.56 Å². The van der Waals surface area contributed by atoms with Gasteiger partial charge in [0, 0.05) is 0 Å². The quantitative estimate of drug-likeness (QED) is 0.771. The second-order valence-electron chi connectivity index (χ2n) is 5.08. The van der Waals surface area contributed by atoms with E-state index >= 15 is 0 Å². The van der Waals surface area contributed by atoms with Gasteiger partial charge in [-0.2, -0.15) is 0 Å². The van der Waals surface area contributed by atoms with Crippen molar-refractivity contribution in [3.8, 4) is 17.2 Å². The fraction of sp³-hybridized carbons (Fsp3) is 0.111. The molecule has 0 saturated heterocycles. The van der Waals surface area contributed by atoms with Crippen LogP contribution in [-0.4, -0.2) is 29.3 Å². The summed E-state index contributed by atoms with van der Waals surface area (Å²) < 4.78 is 10.2. The fourth-order valence-electron chi connectivity index (χ4n) is 2.34. The zero-order valence-corrected chi connectivity index (χ0v) is 13.2. The van der Waals surface area contributed by atoms with E-state index in [9.17, 15) is 9.90 Å². The molecule has 2 N–H and O–H groups in total. The van der Waals surface area contributed by atoms with Crippen LogP contribution in [0.3, 0.4) is 0 Å². The van der Waals surface area contributed by atoms with Crippen molar-refractivity contribution in [1.82, 2.24) is 9.97 Å². The number of phenols is 1. The molecular formula is C18H16N2O4. The van der Waals surface area contributed by atoms with E-state index in [4.69, 9.17) is 9.47 Å². The SMILES string of the molecule is COc1cc(/C=C/c2nc3ccccc3[nH]c2=O)cc(OC)c1O. The molecule has 0 saturated carbocycles. The van der Waals surface area contributed by atoms with E-state index in [1.54, 1.807) is 30.4 Å². The Bertz CT molecular complexity index is 951. The molecule has 0 atom stereocenters. The van der Waals surface area contributed by atoms with Crippen LogP contribution in [0, 0.1) is 0 Å². The number of rotatable bonds is 4. The summed E-state index contributed by atoms with van der Waals surface area (Å²) in [7, 11) is 2.91. The Kier molecular flexibility index (Phi) is 4.20. The van der Waals surface area contributed by atoms with Crippen LogP contribution in [0.25, 0.3) is 23.2 Å². The molecule has 0 amide bonds. The number of nitrogens with zero attached hydrogens (tertiary/aromatic N) is 1. The first kappa shape index (κ1) is 15.6. The predicted molar refractivity (Wildman–Crippen MR) is 92.5 cm³/mol. The summed E-state index contributed by atoms with van der Waals surface area (Å²) in [6.07, 6.45) is 3.31. The van der Waals surface area contributed by atoms with Gasteiger partial charge in [0.15, 0.2) is 11.5 Å². The lowest BCUT2D eigenvalue weighted by molar-refractivity contribution is 0.340. The van der Waals surface area contributed by atoms with E-state index in [0.717, 1.165) is 0 Å². The number of methoxy groups -OCH3 is 2. The number of hydrogen-bond acceptors (Lipinski definition) is 5. The summed E-state index contributed by atoms with van der Waals surface area (Å²) in [6, 6.07) is 10.6.